The van der Waals surface area contributed by atoms with Gasteiger partial charge in [0.05, 0.1) is 12.3 Å². The fourth-order valence-corrected chi connectivity index (χ4v) is 2.56. The van der Waals surface area contributed by atoms with Crippen LogP contribution >= 0.6 is 0 Å². The van der Waals surface area contributed by atoms with Crippen LogP contribution in [0.1, 0.15) is 24.0 Å². The van der Waals surface area contributed by atoms with Crippen LogP contribution < -0.4 is 5.32 Å². The Morgan fingerprint density at radius 1 is 1.21 bits per heavy atom. The van der Waals surface area contributed by atoms with E-state index in [1.165, 1.54) is 17.1 Å². The van der Waals surface area contributed by atoms with Crippen molar-refractivity contribution in [2.24, 2.45) is 5.10 Å². The van der Waals surface area contributed by atoms with Crippen molar-refractivity contribution in [3.63, 3.8) is 0 Å². The molecule has 0 bridgehead atoms. The van der Waals surface area contributed by atoms with Crippen LogP contribution in [0.25, 0.3) is 0 Å². The molecule has 2 aromatic rings. The fourth-order valence-electron chi connectivity index (χ4n) is 2.56. The molecule has 0 saturated heterocycles. The van der Waals surface area contributed by atoms with E-state index in [9.17, 15) is 9.18 Å². The van der Waals surface area contributed by atoms with Crippen LogP contribution in [0.3, 0.4) is 0 Å². The van der Waals surface area contributed by atoms with Gasteiger partial charge in [-0.15, -0.1) is 0 Å². The highest BCUT2D eigenvalue weighted by Crippen LogP contribution is 2.13. The third kappa shape index (κ3) is 4.16. The fraction of sp³-hybridized carbons (Fsp3) is 0.278. The molecule has 1 amide bonds. The van der Waals surface area contributed by atoms with Gasteiger partial charge in [0.15, 0.2) is 0 Å². The lowest BCUT2D eigenvalue weighted by atomic mass is 10.1. The summed E-state index contributed by atoms with van der Waals surface area (Å²) in [5, 5.41) is 8.83. The van der Waals surface area contributed by atoms with E-state index in [1.54, 1.807) is 19.3 Å². The average molecular weight is 326 g/mol. The number of aromatic nitrogens is 1. The second-order valence-corrected chi connectivity index (χ2v) is 5.80. The molecule has 2 heterocycles. The number of nitrogens with zero attached hydrogens (tertiary/aromatic N) is 3. The zero-order valence-electron chi connectivity index (χ0n) is 13.5. The standard InChI is InChI=1S/C18H19FN4O/c1-23-18(24)8-6-16(22-23)12-21-17-7-5-14(11-20-17)9-13-3-2-4-15(19)10-13/h2-5,7,10-11H,6,8-9,12H2,1H3,(H,20,21). The van der Waals surface area contributed by atoms with E-state index in [-0.39, 0.29) is 11.7 Å². The smallest absolute Gasteiger partial charge is 0.242 e. The molecule has 1 aliphatic heterocycles. The Morgan fingerprint density at radius 3 is 2.79 bits per heavy atom. The van der Waals surface area contributed by atoms with Gasteiger partial charge < -0.3 is 5.32 Å². The van der Waals surface area contributed by atoms with Gasteiger partial charge in [-0.2, -0.15) is 5.10 Å². The molecular formula is C18H19FN4O. The Kier molecular flexibility index (Phi) is 4.84. The van der Waals surface area contributed by atoms with Crippen molar-refractivity contribution >= 4 is 17.4 Å². The summed E-state index contributed by atoms with van der Waals surface area (Å²) in [6.07, 6.45) is 3.60. The summed E-state index contributed by atoms with van der Waals surface area (Å²) >= 11 is 0. The lowest BCUT2D eigenvalue weighted by molar-refractivity contribution is -0.130. The summed E-state index contributed by atoms with van der Waals surface area (Å²) in [4.78, 5) is 15.8. The molecule has 0 fully saturated rings. The van der Waals surface area contributed by atoms with Crippen molar-refractivity contribution in [1.82, 2.24) is 9.99 Å². The minimum atomic E-state index is -0.226. The van der Waals surface area contributed by atoms with Gasteiger partial charge in [0.2, 0.25) is 5.91 Å². The maximum atomic E-state index is 13.2. The third-order valence-corrected chi connectivity index (χ3v) is 3.88. The molecule has 5 nitrogen and oxygen atoms in total. The van der Waals surface area contributed by atoms with Gasteiger partial charge in [-0.3, -0.25) is 4.79 Å². The average Bonchev–Trinajstić information content (AvgIpc) is 2.57. The molecule has 1 aromatic heterocycles. The number of nitrogens with one attached hydrogen (secondary N) is 1. The van der Waals surface area contributed by atoms with E-state index in [0.717, 1.165) is 22.7 Å². The molecule has 0 spiro atoms. The van der Waals surface area contributed by atoms with Crippen molar-refractivity contribution in [3.05, 3.63) is 59.5 Å². The normalized spacial score (nSPS) is 14.5. The van der Waals surface area contributed by atoms with E-state index in [2.05, 4.69) is 15.4 Å². The first kappa shape index (κ1) is 16.1. The lowest BCUT2D eigenvalue weighted by Crippen LogP contribution is -2.30. The molecule has 0 aliphatic carbocycles. The second kappa shape index (κ2) is 7.21. The van der Waals surface area contributed by atoms with Crippen LogP contribution in [0, 0.1) is 5.82 Å². The number of anilines is 1. The Balaban J connectivity index is 1.57. The highest BCUT2D eigenvalue weighted by Gasteiger charge is 2.16. The molecule has 124 valence electrons. The predicted molar refractivity (Wildman–Crippen MR) is 91.4 cm³/mol. The van der Waals surface area contributed by atoms with Crippen LogP contribution in [0.2, 0.25) is 0 Å². The number of hydrazone groups is 1. The van der Waals surface area contributed by atoms with Crippen molar-refractivity contribution in [3.8, 4) is 0 Å². The quantitative estimate of drug-likeness (QED) is 0.919. The van der Waals surface area contributed by atoms with Crippen LogP contribution in [0.5, 0.6) is 0 Å². The molecule has 1 aliphatic rings. The molecule has 0 atom stereocenters. The summed E-state index contributed by atoms with van der Waals surface area (Å²) < 4.78 is 13.2. The number of carbonyl (C=O) groups is 1. The SMILES string of the molecule is CN1N=C(CNc2ccc(Cc3cccc(F)c3)cn2)CCC1=O. The van der Waals surface area contributed by atoms with Crippen LogP contribution in [0.15, 0.2) is 47.7 Å². The van der Waals surface area contributed by atoms with E-state index >= 15 is 0 Å². The van der Waals surface area contributed by atoms with Crippen LogP contribution in [0.4, 0.5) is 10.2 Å². The Hall–Kier alpha value is -2.76. The van der Waals surface area contributed by atoms with Gasteiger partial charge >= 0.3 is 0 Å². The van der Waals surface area contributed by atoms with Gasteiger partial charge in [0.25, 0.3) is 0 Å². The first-order valence-corrected chi connectivity index (χ1v) is 7.86. The van der Waals surface area contributed by atoms with Gasteiger partial charge in [-0.05, 0) is 42.2 Å². The number of hydrogen-bond donors (Lipinski definition) is 1. The van der Waals surface area contributed by atoms with Crippen LogP contribution in [-0.4, -0.2) is 35.2 Å². The maximum Gasteiger partial charge on any atom is 0.242 e. The molecule has 0 saturated carbocycles. The molecule has 0 unspecified atom stereocenters. The Labute approximate surface area is 140 Å². The first-order chi connectivity index (χ1) is 11.6. The maximum absolute atomic E-state index is 13.2. The molecular weight excluding hydrogens is 307 g/mol. The van der Waals surface area contributed by atoms with Gasteiger partial charge in [0.1, 0.15) is 11.6 Å². The summed E-state index contributed by atoms with van der Waals surface area (Å²) in [6.45, 7) is 0.563. The topological polar surface area (TPSA) is 57.6 Å². The van der Waals surface area contributed by atoms with Crippen molar-refractivity contribution in [1.29, 1.82) is 0 Å². The zero-order valence-corrected chi connectivity index (χ0v) is 13.5. The Morgan fingerprint density at radius 2 is 2.08 bits per heavy atom. The first-order valence-electron chi connectivity index (χ1n) is 7.86. The third-order valence-electron chi connectivity index (χ3n) is 3.88. The highest BCUT2D eigenvalue weighted by atomic mass is 19.1. The number of benzene rings is 1. The van der Waals surface area contributed by atoms with Crippen molar-refractivity contribution in [2.45, 2.75) is 19.3 Å². The number of rotatable bonds is 5. The zero-order chi connectivity index (χ0) is 16.9. The summed E-state index contributed by atoms with van der Waals surface area (Å²) in [6, 6.07) is 10.4. The number of pyridine rings is 1. The molecule has 1 N–H and O–H groups in total. The minimum absolute atomic E-state index is 0.0403. The van der Waals surface area contributed by atoms with E-state index in [4.69, 9.17) is 0 Å². The molecule has 3 rings (SSSR count). The van der Waals surface area contributed by atoms with Gasteiger partial charge in [-0.1, -0.05) is 18.2 Å². The number of amides is 1. The van der Waals surface area contributed by atoms with Crippen molar-refractivity contribution < 1.29 is 9.18 Å². The largest absolute Gasteiger partial charge is 0.365 e. The monoisotopic (exact) mass is 326 g/mol. The van der Waals surface area contributed by atoms with Crippen LogP contribution in [-0.2, 0) is 11.2 Å². The minimum Gasteiger partial charge on any atom is -0.365 e. The lowest BCUT2D eigenvalue weighted by Gasteiger charge is -2.19. The molecule has 1 aromatic carbocycles. The van der Waals surface area contributed by atoms with E-state index in [1.807, 2.05) is 18.2 Å². The summed E-state index contributed by atoms with van der Waals surface area (Å²) in [5.41, 5.74) is 2.87. The summed E-state index contributed by atoms with van der Waals surface area (Å²) in [5.74, 6) is 0.564. The molecule has 0 radical (unpaired) electrons. The second-order valence-electron chi connectivity index (χ2n) is 5.80. The summed E-state index contributed by atoms with van der Waals surface area (Å²) in [7, 11) is 1.67. The molecule has 24 heavy (non-hydrogen) atoms. The number of hydrogen-bond acceptors (Lipinski definition) is 4. The van der Waals surface area contributed by atoms with Gasteiger partial charge in [0, 0.05) is 19.7 Å². The number of halogens is 1. The molecule has 6 heteroatoms. The highest BCUT2D eigenvalue weighted by molar-refractivity contribution is 5.94. The van der Waals surface area contributed by atoms with Crippen molar-refractivity contribution in [2.75, 3.05) is 18.9 Å². The van der Waals surface area contributed by atoms with Gasteiger partial charge in [-0.25, -0.2) is 14.4 Å². The predicted octanol–water partition coefficient (Wildman–Crippen LogP) is 2.83. The number of carbonyl (C=O) groups excluding carboxylic acids is 1. The van der Waals surface area contributed by atoms with E-state index < -0.39 is 0 Å². The Bertz CT molecular complexity index is 758. The van der Waals surface area contributed by atoms with E-state index in [0.29, 0.717) is 25.8 Å².